The lowest BCUT2D eigenvalue weighted by atomic mass is 9.94. The number of pyridine rings is 2. The second kappa shape index (κ2) is 12.5. The molecule has 4 aromatic rings. The van der Waals surface area contributed by atoms with Gasteiger partial charge in [-0.25, -0.2) is 14.8 Å². The number of nitrogens with one attached hydrogen (secondary N) is 1. The largest absolute Gasteiger partial charge is 0.481 e. The van der Waals surface area contributed by atoms with Gasteiger partial charge in [0.05, 0.1) is 25.0 Å². The Bertz CT molecular complexity index is 1600. The van der Waals surface area contributed by atoms with Gasteiger partial charge in [0, 0.05) is 55.6 Å². The molecule has 2 fully saturated rings. The van der Waals surface area contributed by atoms with Crippen LogP contribution in [0.4, 0.5) is 0 Å². The highest BCUT2D eigenvalue weighted by atomic mass is 35.5. The van der Waals surface area contributed by atoms with Gasteiger partial charge in [-0.2, -0.15) is 0 Å². The van der Waals surface area contributed by atoms with Crippen LogP contribution in [0.2, 0.25) is 5.15 Å². The van der Waals surface area contributed by atoms with Crippen molar-refractivity contribution < 1.29 is 9.53 Å². The predicted octanol–water partition coefficient (Wildman–Crippen LogP) is 5.03. The lowest BCUT2D eigenvalue weighted by Gasteiger charge is -2.28. The van der Waals surface area contributed by atoms with Gasteiger partial charge >= 0.3 is 5.69 Å². The van der Waals surface area contributed by atoms with E-state index in [0.29, 0.717) is 41.2 Å². The second-order valence-electron chi connectivity index (χ2n) is 10.9. The third-order valence-corrected chi connectivity index (χ3v) is 8.40. The van der Waals surface area contributed by atoms with Crippen molar-refractivity contribution in [3.05, 3.63) is 87.7 Å². The molecule has 218 valence electrons. The summed E-state index contributed by atoms with van der Waals surface area (Å²) >= 11 is 6.51. The summed E-state index contributed by atoms with van der Waals surface area (Å²) in [5.74, 6) is 0.378. The Morgan fingerprint density at radius 2 is 1.79 bits per heavy atom. The van der Waals surface area contributed by atoms with E-state index in [9.17, 15) is 9.59 Å². The summed E-state index contributed by atoms with van der Waals surface area (Å²) in [7, 11) is 1.57. The molecule has 3 aromatic heterocycles. The molecule has 0 atom stereocenters. The number of carbonyl (C=O) groups excluding carboxylic acids is 1. The summed E-state index contributed by atoms with van der Waals surface area (Å²) < 4.78 is 8.75. The zero-order valence-electron chi connectivity index (χ0n) is 23.8. The first-order valence-electron chi connectivity index (χ1n) is 14.6. The fourth-order valence-corrected chi connectivity index (χ4v) is 6.35. The standard InChI is InChI=1S/C32H35ClN6O3/c1-42-28-13-12-24(20-35-28)26-18-22(19-27(33)36-26)21-38-30(31(40)37-16-14-34-15-17-37)29(23-8-4-2-5-9-23)39(32(38)41)25-10-6-3-7-11-25/h2,4-5,8-9,12-13,18-20,25,34H,3,6-7,10-11,14-17,21H2,1H3. The maximum absolute atomic E-state index is 14.5. The number of ether oxygens (including phenoxy) is 1. The first kappa shape index (κ1) is 28.2. The lowest BCUT2D eigenvalue weighted by molar-refractivity contribution is 0.0725. The number of carbonyl (C=O) groups is 1. The highest BCUT2D eigenvalue weighted by Gasteiger charge is 2.33. The molecule has 1 aliphatic heterocycles. The average Bonchev–Trinajstić information content (AvgIpc) is 3.33. The summed E-state index contributed by atoms with van der Waals surface area (Å²) in [6.07, 6.45) is 6.81. The number of methoxy groups -OCH3 is 1. The van der Waals surface area contributed by atoms with E-state index in [4.69, 9.17) is 16.3 Å². The molecule has 1 saturated heterocycles. The molecular weight excluding hydrogens is 552 g/mol. The maximum atomic E-state index is 14.5. The molecule has 0 bridgehead atoms. The third kappa shape index (κ3) is 5.71. The van der Waals surface area contributed by atoms with E-state index in [1.165, 1.54) is 0 Å². The lowest BCUT2D eigenvalue weighted by Crippen LogP contribution is -2.47. The molecule has 6 rings (SSSR count). The first-order chi connectivity index (χ1) is 20.5. The van der Waals surface area contributed by atoms with Gasteiger partial charge in [-0.1, -0.05) is 61.2 Å². The molecule has 0 spiro atoms. The number of nitrogens with zero attached hydrogens (tertiary/aromatic N) is 5. The van der Waals surface area contributed by atoms with E-state index >= 15 is 0 Å². The quantitative estimate of drug-likeness (QED) is 0.305. The van der Waals surface area contributed by atoms with Gasteiger partial charge in [0.1, 0.15) is 10.8 Å². The minimum Gasteiger partial charge on any atom is -0.481 e. The van der Waals surface area contributed by atoms with Crippen LogP contribution in [0.3, 0.4) is 0 Å². The molecule has 0 radical (unpaired) electrons. The Labute approximate surface area is 250 Å². The van der Waals surface area contributed by atoms with Crippen molar-refractivity contribution in [3.63, 3.8) is 0 Å². The van der Waals surface area contributed by atoms with Crippen molar-refractivity contribution in [2.24, 2.45) is 0 Å². The van der Waals surface area contributed by atoms with Crippen LogP contribution in [0.25, 0.3) is 22.5 Å². The minimum atomic E-state index is -0.167. The summed E-state index contributed by atoms with van der Waals surface area (Å²) in [6, 6.07) is 17.2. The molecule has 1 aliphatic carbocycles. The molecule has 1 N–H and O–H groups in total. The number of piperazine rings is 1. The van der Waals surface area contributed by atoms with Crippen molar-refractivity contribution >= 4 is 17.5 Å². The molecule has 10 heteroatoms. The Hall–Kier alpha value is -3.95. The molecule has 4 heterocycles. The number of hydrogen-bond donors (Lipinski definition) is 1. The van der Waals surface area contributed by atoms with Gasteiger partial charge in [-0.3, -0.25) is 13.9 Å². The maximum Gasteiger partial charge on any atom is 0.329 e. The molecular formula is C32H35ClN6O3. The Morgan fingerprint density at radius 1 is 1.02 bits per heavy atom. The van der Waals surface area contributed by atoms with Crippen molar-refractivity contribution in [1.29, 1.82) is 0 Å². The number of hydrogen-bond acceptors (Lipinski definition) is 6. The number of amides is 1. The van der Waals surface area contributed by atoms with Crippen LogP contribution in [0, 0.1) is 0 Å². The molecule has 9 nitrogen and oxygen atoms in total. The highest BCUT2D eigenvalue weighted by molar-refractivity contribution is 6.29. The van der Waals surface area contributed by atoms with Crippen LogP contribution in [0.15, 0.2) is 65.6 Å². The number of aromatic nitrogens is 4. The fourth-order valence-electron chi connectivity index (χ4n) is 6.12. The third-order valence-electron chi connectivity index (χ3n) is 8.20. The van der Waals surface area contributed by atoms with E-state index < -0.39 is 0 Å². The number of benzene rings is 1. The van der Waals surface area contributed by atoms with Crippen LogP contribution < -0.4 is 15.7 Å². The average molecular weight is 587 g/mol. The smallest absolute Gasteiger partial charge is 0.329 e. The van der Waals surface area contributed by atoms with E-state index in [1.807, 2.05) is 51.9 Å². The molecule has 1 aromatic carbocycles. The molecule has 1 saturated carbocycles. The van der Waals surface area contributed by atoms with Crippen molar-refractivity contribution in [3.8, 4) is 28.4 Å². The van der Waals surface area contributed by atoms with Crippen molar-refractivity contribution in [2.75, 3.05) is 33.3 Å². The monoisotopic (exact) mass is 586 g/mol. The van der Waals surface area contributed by atoms with Crippen molar-refractivity contribution in [1.82, 2.24) is 29.3 Å². The van der Waals surface area contributed by atoms with Gasteiger partial charge in [0.15, 0.2) is 0 Å². The Morgan fingerprint density at radius 3 is 2.48 bits per heavy atom. The van der Waals surface area contributed by atoms with Gasteiger partial charge in [-0.15, -0.1) is 0 Å². The van der Waals surface area contributed by atoms with Crippen LogP contribution in [-0.2, 0) is 6.54 Å². The van der Waals surface area contributed by atoms with Gasteiger partial charge in [0.25, 0.3) is 5.91 Å². The zero-order valence-corrected chi connectivity index (χ0v) is 24.5. The van der Waals surface area contributed by atoms with Crippen LogP contribution >= 0.6 is 11.6 Å². The van der Waals surface area contributed by atoms with Gasteiger partial charge in [-0.05, 0) is 36.6 Å². The molecule has 42 heavy (non-hydrogen) atoms. The van der Waals surface area contributed by atoms with Crippen LogP contribution in [0.1, 0.15) is 54.2 Å². The second-order valence-corrected chi connectivity index (χ2v) is 11.3. The Balaban J connectivity index is 1.51. The normalized spacial score (nSPS) is 16.0. The highest BCUT2D eigenvalue weighted by Crippen LogP contribution is 2.34. The molecule has 0 unspecified atom stereocenters. The summed E-state index contributed by atoms with van der Waals surface area (Å²) in [5.41, 5.74) is 4.02. The number of halogens is 1. The minimum absolute atomic E-state index is 0.0410. The van der Waals surface area contributed by atoms with Crippen LogP contribution in [0.5, 0.6) is 5.88 Å². The SMILES string of the molecule is COc1ccc(-c2cc(Cn3c(C(=O)N4CCNCC4)c(-c4ccccc4)n(C4CCCCC4)c3=O)cc(Cl)n2)cn1. The van der Waals surface area contributed by atoms with E-state index in [-0.39, 0.29) is 24.2 Å². The van der Waals surface area contributed by atoms with E-state index in [2.05, 4.69) is 15.3 Å². The van der Waals surface area contributed by atoms with E-state index in [0.717, 1.165) is 61.9 Å². The predicted molar refractivity (Wildman–Crippen MR) is 163 cm³/mol. The van der Waals surface area contributed by atoms with Crippen molar-refractivity contribution in [2.45, 2.75) is 44.7 Å². The zero-order chi connectivity index (χ0) is 29.1. The van der Waals surface area contributed by atoms with Gasteiger partial charge < -0.3 is 15.0 Å². The topological polar surface area (TPSA) is 94.3 Å². The number of rotatable bonds is 7. The number of imidazole rings is 1. The summed E-state index contributed by atoms with van der Waals surface area (Å²) in [4.78, 5) is 39.5. The summed E-state index contributed by atoms with van der Waals surface area (Å²) in [6.45, 7) is 2.81. The summed E-state index contributed by atoms with van der Waals surface area (Å²) in [5, 5.41) is 3.63. The Kier molecular flexibility index (Phi) is 8.39. The fraction of sp³-hybridized carbons (Fsp3) is 0.375. The van der Waals surface area contributed by atoms with Gasteiger partial charge in [0.2, 0.25) is 5.88 Å². The first-order valence-corrected chi connectivity index (χ1v) is 15.0. The molecule has 2 aliphatic rings. The molecule has 1 amide bonds. The van der Waals surface area contributed by atoms with E-state index in [1.54, 1.807) is 30.0 Å². The van der Waals surface area contributed by atoms with Crippen LogP contribution in [-0.4, -0.2) is 63.2 Å².